The highest BCUT2D eigenvalue weighted by molar-refractivity contribution is 7.80. The Morgan fingerprint density at radius 1 is 1.12 bits per heavy atom. The number of rotatable bonds is 7. The third-order valence-electron chi connectivity index (χ3n) is 3.54. The second kappa shape index (κ2) is 10.4. The van der Waals surface area contributed by atoms with Gasteiger partial charge in [0.25, 0.3) is 0 Å². The van der Waals surface area contributed by atoms with E-state index in [0.717, 1.165) is 23.4 Å². The van der Waals surface area contributed by atoms with Gasteiger partial charge in [-0.05, 0) is 60.5 Å². The molecule has 5 heteroatoms. The molecule has 1 amide bonds. The van der Waals surface area contributed by atoms with Gasteiger partial charge in [-0.3, -0.25) is 10.1 Å². The fourth-order valence-corrected chi connectivity index (χ4v) is 2.32. The van der Waals surface area contributed by atoms with Crippen LogP contribution in [0.5, 0.6) is 5.75 Å². The molecule has 0 heterocycles. The molecular weight excluding hydrogens is 344 g/mol. The molecule has 0 aromatic heterocycles. The minimum absolute atomic E-state index is 0.251. The van der Waals surface area contributed by atoms with Crippen LogP contribution in [0.3, 0.4) is 0 Å². The van der Waals surface area contributed by atoms with E-state index in [-0.39, 0.29) is 11.0 Å². The summed E-state index contributed by atoms with van der Waals surface area (Å²) in [6, 6.07) is 17.1. The van der Waals surface area contributed by atoms with Crippen LogP contribution in [0.2, 0.25) is 0 Å². The minimum Gasteiger partial charge on any atom is -0.494 e. The summed E-state index contributed by atoms with van der Waals surface area (Å²) >= 11 is 5.17. The average molecular weight is 369 g/mol. The Kier molecular flexibility index (Phi) is 7.83. The highest BCUT2D eigenvalue weighted by Crippen LogP contribution is 2.16. The molecule has 0 saturated heterocycles. The lowest BCUT2D eigenvalue weighted by Crippen LogP contribution is -2.32. The van der Waals surface area contributed by atoms with Gasteiger partial charge in [-0.1, -0.05) is 44.2 Å². The molecule has 0 atom stereocenters. The van der Waals surface area contributed by atoms with Crippen molar-refractivity contribution in [3.8, 4) is 5.75 Å². The van der Waals surface area contributed by atoms with E-state index in [9.17, 15) is 4.79 Å². The van der Waals surface area contributed by atoms with Crippen molar-refractivity contribution >= 4 is 35.0 Å². The number of ether oxygens (including phenoxy) is 1. The first kappa shape index (κ1) is 19.7. The van der Waals surface area contributed by atoms with Gasteiger partial charge in [0.2, 0.25) is 5.91 Å². The van der Waals surface area contributed by atoms with Crippen LogP contribution in [-0.4, -0.2) is 17.6 Å². The van der Waals surface area contributed by atoms with Gasteiger partial charge in [0.05, 0.1) is 6.61 Å². The Labute approximate surface area is 160 Å². The van der Waals surface area contributed by atoms with Crippen LogP contribution in [0.15, 0.2) is 60.7 Å². The van der Waals surface area contributed by atoms with Crippen LogP contribution < -0.4 is 15.4 Å². The average Bonchev–Trinajstić information content (AvgIpc) is 2.62. The van der Waals surface area contributed by atoms with Crippen molar-refractivity contribution in [1.29, 1.82) is 0 Å². The summed E-state index contributed by atoms with van der Waals surface area (Å²) in [5.41, 5.74) is 1.74. The zero-order valence-electron chi connectivity index (χ0n) is 15.1. The number of benzene rings is 2. The molecule has 0 unspecified atom stereocenters. The molecule has 136 valence electrons. The summed E-state index contributed by atoms with van der Waals surface area (Å²) in [4.78, 5) is 11.9. The fourth-order valence-electron chi connectivity index (χ4n) is 2.10. The van der Waals surface area contributed by atoms with Crippen molar-refractivity contribution in [3.05, 3.63) is 66.2 Å². The summed E-state index contributed by atoms with van der Waals surface area (Å²) < 4.78 is 5.68. The molecule has 0 bridgehead atoms. The Balaban J connectivity index is 1.78. The molecule has 0 radical (unpaired) electrons. The van der Waals surface area contributed by atoms with Crippen LogP contribution in [0.4, 0.5) is 5.69 Å². The molecular formula is C21H24N2O2S. The first-order valence-corrected chi connectivity index (χ1v) is 9.01. The Bertz CT molecular complexity index is 740. The van der Waals surface area contributed by atoms with E-state index in [4.69, 9.17) is 17.0 Å². The largest absolute Gasteiger partial charge is 0.494 e. The van der Waals surface area contributed by atoms with E-state index in [0.29, 0.717) is 12.5 Å². The fraction of sp³-hybridized carbons (Fsp3) is 0.238. The van der Waals surface area contributed by atoms with Gasteiger partial charge in [0.1, 0.15) is 5.75 Å². The Morgan fingerprint density at radius 2 is 1.81 bits per heavy atom. The zero-order chi connectivity index (χ0) is 18.8. The lowest BCUT2D eigenvalue weighted by molar-refractivity contribution is -0.115. The number of nitrogens with one attached hydrogen (secondary N) is 2. The third-order valence-corrected chi connectivity index (χ3v) is 3.74. The molecule has 2 aromatic carbocycles. The van der Waals surface area contributed by atoms with Crippen molar-refractivity contribution in [2.75, 3.05) is 11.9 Å². The standard InChI is InChI=1S/C21H24N2O2S/c1-16(2)14-15-25-19-11-9-18(10-12-19)22-21(26)23-20(24)13-8-17-6-4-3-5-7-17/h3-13,16H,14-15H2,1-2H3,(H2,22,23,24,26). The summed E-state index contributed by atoms with van der Waals surface area (Å²) in [6.45, 7) is 5.04. The van der Waals surface area contributed by atoms with Gasteiger partial charge < -0.3 is 10.1 Å². The first-order valence-electron chi connectivity index (χ1n) is 8.61. The lowest BCUT2D eigenvalue weighted by Gasteiger charge is -2.10. The highest BCUT2D eigenvalue weighted by Gasteiger charge is 2.02. The van der Waals surface area contributed by atoms with Gasteiger partial charge in [-0.15, -0.1) is 0 Å². The summed E-state index contributed by atoms with van der Waals surface area (Å²) in [6.07, 6.45) is 4.21. The van der Waals surface area contributed by atoms with Gasteiger partial charge >= 0.3 is 0 Å². The van der Waals surface area contributed by atoms with E-state index in [1.54, 1.807) is 6.08 Å². The monoisotopic (exact) mass is 368 g/mol. The van der Waals surface area contributed by atoms with Gasteiger partial charge in [-0.2, -0.15) is 0 Å². The van der Waals surface area contributed by atoms with Crippen molar-refractivity contribution in [3.63, 3.8) is 0 Å². The summed E-state index contributed by atoms with van der Waals surface area (Å²) in [5, 5.41) is 5.86. The smallest absolute Gasteiger partial charge is 0.250 e. The number of carbonyl (C=O) groups excluding carboxylic acids is 1. The number of hydrogen-bond acceptors (Lipinski definition) is 3. The topological polar surface area (TPSA) is 50.4 Å². The van der Waals surface area contributed by atoms with Crippen LogP contribution in [-0.2, 0) is 4.79 Å². The van der Waals surface area contributed by atoms with Crippen molar-refractivity contribution in [2.45, 2.75) is 20.3 Å². The molecule has 2 rings (SSSR count). The highest BCUT2D eigenvalue weighted by atomic mass is 32.1. The Morgan fingerprint density at radius 3 is 2.46 bits per heavy atom. The normalized spacial score (nSPS) is 10.7. The van der Waals surface area contributed by atoms with E-state index in [1.807, 2.05) is 54.6 Å². The van der Waals surface area contributed by atoms with Gasteiger partial charge in [0, 0.05) is 11.8 Å². The predicted octanol–water partition coefficient (Wildman–Crippen LogP) is 4.64. The maximum absolute atomic E-state index is 11.9. The molecule has 0 aliphatic rings. The second-order valence-electron chi connectivity index (χ2n) is 6.24. The molecule has 0 aliphatic heterocycles. The first-order chi connectivity index (χ1) is 12.5. The molecule has 0 saturated carbocycles. The van der Waals surface area contributed by atoms with Crippen LogP contribution in [0.25, 0.3) is 6.08 Å². The molecule has 4 nitrogen and oxygen atoms in total. The lowest BCUT2D eigenvalue weighted by atomic mass is 10.1. The van der Waals surface area contributed by atoms with Crippen molar-refractivity contribution in [2.24, 2.45) is 5.92 Å². The summed E-state index contributed by atoms with van der Waals surface area (Å²) in [5.74, 6) is 1.16. The third kappa shape index (κ3) is 7.49. The van der Waals surface area contributed by atoms with E-state index in [1.165, 1.54) is 6.08 Å². The Hall–Kier alpha value is -2.66. The molecule has 0 fully saturated rings. The molecule has 0 spiro atoms. The van der Waals surface area contributed by atoms with Crippen LogP contribution in [0, 0.1) is 5.92 Å². The molecule has 2 aromatic rings. The van der Waals surface area contributed by atoms with Crippen molar-refractivity contribution < 1.29 is 9.53 Å². The quantitative estimate of drug-likeness (QED) is 0.552. The number of thiocarbonyl (C=S) groups is 1. The van der Waals surface area contributed by atoms with E-state index in [2.05, 4.69) is 24.5 Å². The number of carbonyl (C=O) groups is 1. The maximum atomic E-state index is 11.9. The number of amides is 1. The summed E-state index contributed by atoms with van der Waals surface area (Å²) in [7, 11) is 0. The number of anilines is 1. The van der Waals surface area contributed by atoms with Crippen LogP contribution in [0.1, 0.15) is 25.8 Å². The molecule has 2 N–H and O–H groups in total. The van der Waals surface area contributed by atoms with Crippen LogP contribution >= 0.6 is 12.2 Å². The molecule has 0 aliphatic carbocycles. The van der Waals surface area contributed by atoms with Gasteiger partial charge in [0.15, 0.2) is 5.11 Å². The van der Waals surface area contributed by atoms with Gasteiger partial charge in [-0.25, -0.2) is 0 Å². The predicted molar refractivity (Wildman–Crippen MR) is 111 cm³/mol. The van der Waals surface area contributed by atoms with E-state index < -0.39 is 0 Å². The second-order valence-corrected chi connectivity index (χ2v) is 6.65. The SMILES string of the molecule is CC(C)CCOc1ccc(NC(=S)NC(=O)C=Cc2ccccc2)cc1. The maximum Gasteiger partial charge on any atom is 0.250 e. The number of hydrogen-bond donors (Lipinski definition) is 2. The van der Waals surface area contributed by atoms with Crippen molar-refractivity contribution in [1.82, 2.24) is 5.32 Å². The van der Waals surface area contributed by atoms with E-state index >= 15 is 0 Å². The minimum atomic E-state index is -0.278. The molecule has 26 heavy (non-hydrogen) atoms. The zero-order valence-corrected chi connectivity index (χ0v) is 15.9.